The number of hydrogen-bond acceptors (Lipinski definition) is 3. The van der Waals surface area contributed by atoms with Crippen LogP contribution in [0.4, 0.5) is 0 Å². The molecule has 2 fully saturated rings. The number of benzene rings is 3. The Hall–Kier alpha value is -3.11. The molecular formula is C28H29NO3. The molecule has 0 aliphatic carbocycles. The molecule has 2 bridgehead atoms. The van der Waals surface area contributed by atoms with Crippen LogP contribution in [0.2, 0.25) is 0 Å². The van der Waals surface area contributed by atoms with Crippen LogP contribution in [0, 0.1) is 5.92 Å². The van der Waals surface area contributed by atoms with Crippen LogP contribution in [0.15, 0.2) is 84.9 Å². The maximum absolute atomic E-state index is 12.3. The third kappa shape index (κ3) is 4.28. The van der Waals surface area contributed by atoms with Crippen molar-refractivity contribution in [3.05, 3.63) is 102 Å². The minimum absolute atomic E-state index is 0.0322. The van der Waals surface area contributed by atoms with Crippen LogP contribution >= 0.6 is 0 Å². The Balaban J connectivity index is 1.40. The highest BCUT2D eigenvalue weighted by Crippen LogP contribution is 2.48. The highest BCUT2D eigenvalue weighted by Gasteiger charge is 2.50. The molecule has 2 saturated heterocycles. The Labute approximate surface area is 189 Å². The number of carbonyl (C=O) groups is 1. The molecule has 3 aromatic rings. The van der Waals surface area contributed by atoms with E-state index in [1.165, 1.54) is 5.56 Å². The van der Waals surface area contributed by atoms with E-state index in [4.69, 9.17) is 4.74 Å². The number of fused-ring (bicyclic) bond motifs is 2. The van der Waals surface area contributed by atoms with E-state index in [-0.39, 0.29) is 17.9 Å². The zero-order valence-corrected chi connectivity index (χ0v) is 18.1. The lowest BCUT2D eigenvalue weighted by Gasteiger charge is -2.43. The molecule has 0 saturated carbocycles. The van der Waals surface area contributed by atoms with Gasteiger partial charge in [0.1, 0.15) is 12.4 Å². The zero-order chi connectivity index (χ0) is 21.9. The first kappa shape index (κ1) is 20.8. The first-order valence-electron chi connectivity index (χ1n) is 11.5. The summed E-state index contributed by atoms with van der Waals surface area (Å²) >= 11 is 0. The fourth-order valence-corrected chi connectivity index (χ4v) is 5.61. The lowest BCUT2D eigenvalue weighted by atomic mass is 9.75. The summed E-state index contributed by atoms with van der Waals surface area (Å²) in [5, 5.41) is 10.1. The minimum atomic E-state index is -0.679. The van der Waals surface area contributed by atoms with Crippen LogP contribution in [-0.2, 0) is 17.9 Å². The highest BCUT2D eigenvalue weighted by atomic mass is 16.5. The van der Waals surface area contributed by atoms with E-state index >= 15 is 0 Å². The molecule has 5 rings (SSSR count). The molecule has 164 valence electrons. The van der Waals surface area contributed by atoms with Gasteiger partial charge in [0.25, 0.3) is 0 Å². The molecule has 4 atom stereocenters. The lowest BCUT2D eigenvalue weighted by molar-refractivity contribution is -0.145. The van der Waals surface area contributed by atoms with Crippen molar-refractivity contribution in [1.82, 2.24) is 4.90 Å². The Bertz CT molecular complexity index is 1050. The number of carboxylic acids is 1. The van der Waals surface area contributed by atoms with E-state index in [0.29, 0.717) is 19.1 Å². The van der Waals surface area contributed by atoms with Crippen LogP contribution < -0.4 is 4.74 Å². The fourth-order valence-electron chi connectivity index (χ4n) is 5.61. The second-order valence-electron chi connectivity index (χ2n) is 9.01. The van der Waals surface area contributed by atoms with Crippen molar-refractivity contribution in [1.29, 1.82) is 0 Å². The van der Waals surface area contributed by atoms with Crippen molar-refractivity contribution in [3.63, 3.8) is 0 Å². The molecule has 0 aromatic heterocycles. The molecule has 32 heavy (non-hydrogen) atoms. The molecule has 2 heterocycles. The SMILES string of the molecule is O=C(O)C1CC2CCC(C1c1cccc(OCc3ccccc3)c1)N2Cc1ccccc1. The second-order valence-corrected chi connectivity index (χ2v) is 9.01. The second kappa shape index (κ2) is 9.17. The topological polar surface area (TPSA) is 49.8 Å². The number of nitrogens with zero attached hydrogens (tertiary/aromatic N) is 1. The number of ether oxygens (including phenoxy) is 1. The Kier molecular flexibility index (Phi) is 5.95. The first-order valence-corrected chi connectivity index (χ1v) is 11.5. The lowest BCUT2D eigenvalue weighted by Crippen LogP contribution is -2.49. The third-order valence-corrected chi connectivity index (χ3v) is 7.08. The Morgan fingerprint density at radius 1 is 0.906 bits per heavy atom. The maximum Gasteiger partial charge on any atom is 0.307 e. The number of piperidine rings is 1. The Morgan fingerprint density at radius 2 is 1.62 bits per heavy atom. The fraction of sp³-hybridized carbons (Fsp3) is 0.321. The molecule has 4 nitrogen and oxygen atoms in total. The molecule has 1 N–H and O–H groups in total. The normalized spacial score (nSPS) is 24.9. The largest absolute Gasteiger partial charge is 0.489 e. The summed E-state index contributed by atoms with van der Waals surface area (Å²) in [6.07, 6.45) is 2.82. The van der Waals surface area contributed by atoms with E-state index in [0.717, 1.165) is 36.3 Å². The van der Waals surface area contributed by atoms with Crippen molar-refractivity contribution in [3.8, 4) is 5.75 Å². The zero-order valence-electron chi connectivity index (χ0n) is 18.1. The van der Waals surface area contributed by atoms with Gasteiger partial charge in [0.05, 0.1) is 5.92 Å². The molecule has 0 radical (unpaired) electrons. The molecule has 4 heteroatoms. The highest BCUT2D eigenvalue weighted by molar-refractivity contribution is 5.72. The van der Waals surface area contributed by atoms with Gasteiger partial charge < -0.3 is 9.84 Å². The van der Waals surface area contributed by atoms with Gasteiger partial charge in [-0.3, -0.25) is 9.69 Å². The van der Waals surface area contributed by atoms with Crippen LogP contribution in [0.1, 0.15) is 41.9 Å². The van der Waals surface area contributed by atoms with Crippen molar-refractivity contribution in [2.75, 3.05) is 0 Å². The average molecular weight is 428 g/mol. The van der Waals surface area contributed by atoms with Gasteiger partial charge in [0.15, 0.2) is 0 Å². The smallest absolute Gasteiger partial charge is 0.307 e. The predicted molar refractivity (Wildman–Crippen MR) is 124 cm³/mol. The van der Waals surface area contributed by atoms with Gasteiger partial charge in [-0.25, -0.2) is 0 Å². The van der Waals surface area contributed by atoms with E-state index < -0.39 is 5.97 Å². The molecular weight excluding hydrogens is 398 g/mol. The first-order chi connectivity index (χ1) is 15.7. The van der Waals surface area contributed by atoms with Gasteiger partial charge in [-0.1, -0.05) is 72.8 Å². The standard InChI is InChI=1S/C28H29NO3/c30-28(31)25-17-23-14-15-26(29(23)18-20-8-3-1-4-9-20)27(25)22-12-7-13-24(16-22)32-19-21-10-5-2-6-11-21/h1-13,16,23,25-27H,14-15,17-19H2,(H,30,31). The molecule has 3 aromatic carbocycles. The minimum Gasteiger partial charge on any atom is -0.489 e. The van der Waals surface area contributed by atoms with Gasteiger partial charge in [-0.15, -0.1) is 0 Å². The molecule has 2 aliphatic heterocycles. The summed E-state index contributed by atoms with van der Waals surface area (Å²) in [6.45, 7) is 1.38. The van der Waals surface area contributed by atoms with Crippen molar-refractivity contribution in [2.45, 2.75) is 50.4 Å². The predicted octanol–water partition coefficient (Wildman–Crippen LogP) is 5.49. The molecule has 0 spiro atoms. The summed E-state index contributed by atoms with van der Waals surface area (Å²) in [4.78, 5) is 14.8. The van der Waals surface area contributed by atoms with E-state index in [1.807, 2.05) is 48.5 Å². The third-order valence-electron chi connectivity index (χ3n) is 7.08. The number of carboxylic acid groups (broad SMARTS) is 1. The summed E-state index contributed by atoms with van der Waals surface area (Å²) < 4.78 is 6.06. The van der Waals surface area contributed by atoms with Gasteiger partial charge in [-0.2, -0.15) is 0 Å². The molecule has 2 aliphatic rings. The molecule has 4 unspecified atom stereocenters. The van der Waals surface area contributed by atoms with Crippen LogP contribution in [0.3, 0.4) is 0 Å². The van der Waals surface area contributed by atoms with Crippen LogP contribution in [-0.4, -0.2) is 28.1 Å². The van der Waals surface area contributed by atoms with Gasteiger partial charge >= 0.3 is 5.97 Å². The van der Waals surface area contributed by atoms with Gasteiger partial charge in [0.2, 0.25) is 0 Å². The van der Waals surface area contributed by atoms with Crippen molar-refractivity contribution in [2.24, 2.45) is 5.92 Å². The van der Waals surface area contributed by atoms with Crippen LogP contribution in [0.5, 0.6) is 5.75 Å². The Morgan fingerprint density at radius 3 is 2.34 bits per heavy atom. The quantitative estimate of drug-likeness (QED) is 0.542. The van der Waals surface area contributed by atoms with Crippen LogP contribution in [0.25, 0.3) is 0 Å². The monoisotopic (exact) mass is 427 g/mol. The van der Waals surface area contributed by atoms with Crippen molar-refractivity contribution >= 4 is 5.97 Å². The number of rotatable bonds is 7. The summed E-state index contributed by atoms with van der Waals surface area (Å²) in [6, 6.07) is 29.3. The van der Waals surface area contributed by atoms with Crippen molar-refractivity contribution < 1.29 is 14.6 Å². The average Bonchev–Trinajstić information content (AvgIpc) is 3.09. The van der Waals surface area contributed by atoms with E-state index in [1.54, 1.807) is 0 Å². The summed E-state index contributed by atoms with van der Waals surface area (Å²) in [5.41, 5.74) is 3.48. The summed E-state index contributed by atoms with van der Waals surface area (Å²) in [7, 11) is 0. The number of aliphatic carboxylic acids is 1. The maximum atomic E-state index is 12.3. The van der Waals surface area contributed by atoms with E-state index in [2.05, 4.69) is 41.3 Å². The summed E-state index contributed by atoms with van der Waals surface area (Å²) in [5.74, 6) is -0.272. The van der Waals surface area contributed by atoms with Gasteiger partial charge in [0, 0.05) is 24.5 Å². The molecule has 0 amide bonds. The van der Waals surface area contributed by atoms with Gasteiger partial charge in [-0.05, 0) is 48.1 Å². The number of hydrogen-bond donors (Lipinski definition) is 1. The van der Waals surface area contributed by atoms with E-state index in [9.17, 15) is 9.90 Å².